The highest BCUT2D eigenvalue weighted by atomic mass is 32.2. The van der Waals surface area contributed by atoms with Crippen LogP contribution in [-0.2, 0) is 4.79 Å². The maximum Gasteiger partial charge on any atom is 0.261 e. The highest BCUT2D eigenvalue weighted by Gasteiger charge is 2.12. The molecule has 4 aromatic rings. The lowest BCUT2D eigenvalue weighted by molar-refractivity contribution is -0.298. The Hall–Kier alpha value is -3.25. The van der Waals surface area contributed by atoms with Crippen LogP contribution in [0.5, 0.6) is 5.75 Å². The van der Waals surface area contributed by atoms with Crippen molar-refractivity contribution in [1.82, 2.24) is 4.98 Å². The molecule has 0 saturated heterocycles. The van der Waals surface area contributed by atoms with Crippen molar-refractivity contribution in [3.05, 3.63) is 71.1 Å². The average Bonchev–Trinajstić information content (AvgIpc) is 3.11. The minimum atomic E-state index is -1.29. The number of benzene rings is 3. The lowest BCUT2D eigenvalue weighted by Gasteiger charge is -2.14. The molecule has 29 heavy (non-hydrogen) atoms. The molecule has 0 fully saturated rings. The van der Waals surface area contributed by atoms with E-state index in [0.717, 1.165) is 33.8 Å². The molecule has 0 unspecified atom stereocenters. The van der Waals surface area contributed by atoms with Crippen LogP contribution in [0.4, 0.5) is 0 Å². The first-order chi connectivity index (χ1) is 14.0. The number of carboxylic acid groups (broad SMARTS) is 1. The molecule has 6 heteroatoms. The lowest BCUT2D eigenvalue weighted by Crippen LogP contribution is -2.23. The molecule has 0 bridgehead atoms. The van der Waals surface area contributed by atoms with Gasteiger partial charge in [0.1, 0.15) is 11.3 Å². The smallest absolute Gasteiger partial charge is 0.261 e. The fourth-order valence-electron chi connectivity index (χ4n) is 3.04. The van der Waals surface area contributed by atoms with E-state index in [9.17, 15) is 9.90 Å². The number of thioether (sulfide) groups is 1. The minimum absolute atomic E-state index is 0.0132. The largest absolute Gasteiger partial charge is 0.544 e. The van der Waals surface area contributed by atoms with Crippen molar-refractivity contribution in [3.8, 4) is 5.75 Å². The molecule has 4 rings (SSSR count). The number of hydrogen-bond donors (Lipinski definition) is 0. The van der Waals surface area contributed by atoms with Gasteiger partial charge in [0.15, 0.2) is 5.58 Å². The van der Waals surface area contributed by atoms with Crippen LogP contribution in [-0.4, -0.2) is 17.1 Å². The Morgan fingerprint density at radius 2 is 1.79 bits per heavy atom. The molecule has 0 N–H and O–H groups in total. The molecule has 0 saturated carbocycles. The molecule has 3 aromatic carbocycles. The summed E-state index contributed by atoms with van der Waals surface area (Å²) in [5.41, 5.74) is 2.03. The zero-order valence-corrected chi connectivity index (χ0v) is 16.7. The lowest BCUT2D eigenvalue weighted by atomic mass is 10.0. The zero-order valence-electron chi connectivity index (χ0n) is 15.9. The molecule has 5 nitrogen and oxygen atoms in total. The second-order valence-corrected chi connectivity index (χ2v) is 7.70. The molecule has 0 atom stereocenters. The summed E-state index contributed by atoms with van der Waals surface area (Å²) in [6.07, 6.45) is 1.62. The first-order valence-corrected chi connectivity index (χ1v) is 9.98. The van der Waals surface area contributed by atoms with Gasteiger partial charge in [0.25, 0.3) is 5.22 Å². The fraction of sp³-hybridized carbons (Fsp3) is 0.130. The number of fused-ring (bicyclic) bond motifs is 2. The third-order valence-corrected chi connectivity index (χ3v) is 5.09. The van der Waals surface area contributed by atoms with Crippen molar-refractivity contribution in [3.63, 3.8) is 0 Å². The van der Waals surface area contributed by atoms with Gasteiger partial charge in [-0.15, -0.1) is 0 Å². The maximum atomic E-state index is 11.8. The van der Waals surface area contributed by atoms with Crippen molar-refractivity contribution in [2.75, 3.05) is 0 Å². The van der Waals surface area contributed by atoms with E-state index < -0.39 is 5.97 Å². The van der Waals surface area contributed by atoms with Crippen molar-refractivity contribution in [2.24, 2.45) is 0 Å². The predicted molar refractivity (Wildman–Crippen MR) is 113 cm³/mol. The molecule has 0 aliphatic heterocycles. The number of hydrogen-bond acceptors (Lipinski definition) is 6. The predicted octanol–water partition coefficient (Wildman–Crippen LogP) is 4.65. The van der Waals surface area contributed by atoms with E-state index in [0.29, 0.717) is 11.1 Å². The van der Waals surface area contributed by atoms with Crippen LogP contribution in [0.15, 0.2) is 75.2 Å². The second-order valence-electron chi connectivity index (χ2n) is 6.71. The summed E-state index contributed by atoms with van der Waals surface area (Å²) in [5.74, 6) is -0.529. The van der Waals surface area contributed by atoms with E-state index in [1.165, 1.54) is 0 Å². The summed E-state index contributed by atoms with van der Waals surface area (Å²) in [7, 11) is 0. The Labute approximate surface area is 172 Å². The molecule has 0 aliphatic carbocycles. The Kier molecular flexibility index (Phi) is 5.27. The summed E-state index contributed by atoms with van der Waals surface area (Å²) in [6, 6.07) is 18.7. The van der Waals surface area contributed by atoms with Gasteiger partial charge in [-0.3, -0.25) is 0 Å². The highest BCUT2D eigenvalue weighted by Crippen LogP contribution is 2.34. The molecule has 1 heterocycles. The van der Waals surface area contributed by atoms with Gasteiger partial charge in [0, 0.05) is 10.3 Å². The first-order valence-electron chi connectivity index (χ1n) is 9.16. The molecule has 0 amide bonds. The van der Waals surface area contributed by atoms with E-state index in [2.05, 4.69) is 4.98 Å². The highest BCUT2D eigenvalue weighted by molar-refractivity contribution is 8.03. The third-order valence-electron chi connectivity index (χ3n) is 4.24. The average molecular weight is 404 g/mol. The number of carbonyl (C=O) groups is 1. The number of carbonyl (C=O) groups excluding carboxylic acids is 1. The SMILES string of the molecule is CC(C)Oc1ccc(/C=C(/Sc2nc3ccccc3o2)C(=O)[O-])c2ccccc12. The number of rotatable bonds is 6. The van der Waals surface area contributed by atoms with Gasteiger partial charge in [-0.1, -0.05) is 42.5 Å². The van der Waals surface area contributed by atoms with Crippen molar-refractivity contribution >= 4 is 45.7 Å². The van der Waals surface area contributed by atoms with Crippen molar-refractivity contribution in [2.45, 2.75) is 25.2 Å². The first kappa shape index (κ1) is 19.1. The number of oxazole rings is 1. The standard InChI is InChI=1S/C23H19NO4S/c1-14(2)27-19-12-11-15(16-7-3-4-8-17(16)19)13-21(22(25)26)29-23-24-18-9-5-6-10-20(18)28-23/h3-14H,1-2H3,(H,25,26)/p-1/b21-13+. The summed E-state index contributed by atoms with van der Waals surface area (Å²) in [4.78, 5) is 16.1. The van der Waals surface area contributed by atoms with E-state index in [1.54, 1.807) is 12.1 Å². The van der Waals surface area contributed by atoms with Gasteiger partial charge >= 0.3 is 0 Å². The number of aromatic nitrogens is 1. The van der Waals surface area contributed by atoms with Crippen molar-refractivity contribution < 1.29 is 19.1 Å². The van der Waals surface area contributed by atoms with Gasteiger partial charge in [-0.2, -0.15) is 0 Å². The van der Waals surface area contributed by atoms with Crippen LogP contribution in [0.1, 0.15) is 19.4 Å². The minimum Gasteiger partial charge on any atom is -0.544 e. The molecule has 146 valence electrons. The van der Waals surface area contributed by atoms with Gasteiger partial charge in [-0.05, 0) is 60.8 Å². The zero-order chi connectivity index (χ0) is 20.4. The van der Waals surface area contributed by atoms with Crippen LogP contribution >= 0.6 is 11.8 Å². The summed E-state index contributed by atoms with van der Waals surface area (Å²) < 4.78 is 11.5. The number of nitrogens with zero attached hydrogens (tertiary/aromatic N) is 1. The van der Waals surface area contributed by atoms with Crippen molar-refractivity contribution in [1.29, 1.82) is 0 Å². The Morgan fingerprint density at radius 3 is 2.52 bits per heavy atom. The van der Waals surface area contributed by atoms with Gasteiger partial charge in [0.05, 0.1) is 12.1 Å². The van der Waals surface area contributed by atoms with E-state index in [1.807, 2.05) is 68.4 Å². The summed E-state index contributed by atoms with van der Waals surface area (Å²) in [6.45, 7) is 3.93. The van der Waals surface area contributed by atoms with E-state index in [-0.39, 0.29) is 16.2 Å². The quantitative estimate of drug-likeness (QED) is 0.344. The number of carboxylic acids is 1. The molecule has 1 aromatic heterocycles. The Balaban J connectivity index is 1.75. The summed E-state index contributed by atoms with van der Waals surface area (Å²) in [5, 5.41) is 13.8. The van der Waals surface area contributed by atoms with Crippen LogP contribution < -0.4 is 9.84 Å². The summed E-state index contributed by atoms with van der Waals surface area (Å²) >= 11 is 0.931. The normalized spacial score (nSPS) is 12.0. The molecule has 0 spiro atoms. The van der Waals surface area contributed by atoms with Gasteiger partial charge in [0.2, 0.25) is 0 Å². The number of para-hydroxylation sites is 2. The molecule has 0 radical (unpaired) electrons. The third kappa shape index (κ3) is 4.12. The van der Waals surface area contributed by atoms with Crippen LogP contribution in [0.3, 0.4) is 0 Å². The van der Waals surface area contributed by atoms with Gasteiger partial charge in [-0.25, -0.2) is 4.98 Å². The Morgan fingerprint density at radius 1 is 1.07 bits per heavy atom. The van der Waals surface area contributed by atoms with Crippen LogP contribution in [0.2, 0.25) is 0 Å². The van der Waals surface area contributed by atoms with Gasteiger partial charge < -0.3 is 19.1 Å². The topological polar surface area (TPSA) is 75.4 Å². The number of ether oxygens (including phenoxy) is 1. The molecular formula is C23H18NO4S-. The maximum absolute atomic E-state index is 11.8. The number of aliphatic carboxylic acids is 1. The van der Waals surface area contributed by atoms with E-state index >= 15 is 0 Å². The fourth-order valence-corrected chi connectivity index (χ4v) is 3.77. The van der Waals surface area contributed by atoms with E-state index in [4.69, 9.17) is 9.15 Å². The monoisotopic (exact) mass is 404 g/mol. The van der Waals surface area contributed by atoms with Crippen LogP contribution in [0.25, 0.3) is 27.9 Å². The van der Waals surface area contributed by atoms with Crippen LogP contribution in [0, 0.1) is 0 Å². The molecular weight excluding hydrogens is 386 g/mol. The molecule has 0 aliphatic rings. The Bertz CT molecular complexity index is 1190. The second kappa shape index (κ2) is 8.01.